The van der Waals surface area contributed by atoms with Crippen LogP contribution in [0.4, 0.5) is 5.69 Å². The molecule has 0 aromatic heterocycles. The maximum atomic E-state index is 5.57. The molecule has 1 heterocycles. The summed E-state index contributed by atoms with van der Waals surface area (Å²) in [6, 6.07) is 5.72. The molecule has 1 N–H and O–H groups in total. The Labute approximate surface area is 102 Å². The third-order valence-electron chi connectivity index (χ3n) is 2.95. The van der Waals surface area contributed by atoms with E-state index >= 15 is 0 Å². The maximum Gasteiger partial charge on any atom is 0.142 e. The second-order valence-electron chi connectivity index (χ2n) is 4.08. The Morgan fingerprint density at radius 1 is 1.35 bits per heavy atom. The van der Waals surface area contributed by atoms with E-state index in [4.69, 9.17) is 14.2 Å². The molecule has 1 saturated heterocycles. The van der Waals surface area contributed by atoms with Gasteiger partial charge >= 0.3 is 0 Å². The van der Waals surface area contributed by atoms with Crippen LogP contribution >= 0.6 is 0 Å². The molecule has 1 aromatic carbocycles. The molecule has 2 rings (SSSR count). The van der Waals surface area contributed by atoms with E-state index in [2.05, 4.69) is 5.32 Å². The first kappa shape index (κ1) is 12.0. The Bertz CT molecular complexity index is 362. The second kappa shape index (κ2) is 5.77. The van der Waals surface area contributed by atoms with E-state index in [1.54, 1.807) is 14.2 Å². The molecule has 1 aliphatic heterocycles. The maximum absolute atomic E-state index is 5.57. The lowest BCUT2D eigenvalue weighted by molar-refractivity contribution is 0.120. The van der Waals surface area contributed by atoms with Gasteiger partial charge in [0.1, 0.15) is 11.5 Å². The van der Waals surface area contributed by atoms with Crippen molar-refractivity contribution in [2.75, 3.05) is 32.7 Å². The summed E-state index contributed by atoms with van der Waals surface area (Å²) >= 11 is 0. The summed E-state index contributed by atoms with van der Waals surface area (Å²) in [6.45, 7) is 1.69. The Kier molecular flexibility index (Phi) is 4.09. The minimum atomic E-state index is 0.311. The first-order chi connectivity index (χ1) is 8.33. The molecule has 17 heavy (non-hydrogen) atoms. The van der Waals surface area contributed by atoms with Gasteiger partial charge < -0.3 is 19.5 Å². The monoisotopic (exact) mass is 237 g/mol. The second-order valence-corrected chi connectivity index (χ2v) is 4.08. The van der Waals surface area contributed by atoms with Crippen molar-refractivity contribution in [2.45, 2.75) is 18.9 Å². The summed E-state index contributed by atoms with van der Waals surface area (Å²) in [6.07, 6.45) is 2.59. The Balaban J connectivity index is 2.01. The van der Waals surface area contributed by atoms with Crippen LogP contribution in [0.15, 0.2) is 18.2 Å². The highest BCUT2D eigenvalue weighted by molar-refractivity contribution is 5.59. The van der Waals surface area contributed by atoms with Crippen molar-refractivity contribution in [3.63, 3.8) is 0 Å². The van der Waals surface area contributed by atoms with Crippen LogP contribution in [0.25, 0.3) is 0 Å². The topological polar surface area (TPSA) is 39.7 Å². The van der Waals surface area contributed by atoms with E-state index in [1.807, 2.05) is 18.2 Å². The van der Waals surface area contributed by atoms with Crippen molar-refractivity contribution < 1.29 is 14.2 Å². The van der Waals surface area contributed by atoms with E-state index in [-0.39, 0.29) is 0 Å². The molecule has 1 unspecified atom stereocenters. The lowest BCUT2D eigenvalue weighted by Crippen LogP contribution is -2.18. The van der Waals surface area contributed by atoms with Gasteiger partial charge in [-0.3, -0.25) is 0 Å². The van der Waals surface area contributed by atoms with Gasteiger partial charge in [-0.15, -0.1) is 0 Å². The molecule has 1 aromatic rings. The lowest BCUT2D eigenvalue weighted by atomic mass is 10.2. The third kappa shape index (κ3) is 3.03. The minimum absolute atomic E-state index is 0.311. The fourth-order valence-electron chi connectivity index (χ4n) is 1.98. The summed E-state index contributed by atoms with van der Waals surface area (Å²) in [5, 5.41) is 3.35. The average Bonchev–Trinajstić information content (AvgIpc) is 2.89. The summed E-state index contributed by atoms with van der Waals surface area (Å²) < 4.78 is 16.1. The highest BCUT2D eigenvalue weighted by atomic mass is 16.5. The Hall–Kier alpha value is -1.42. The first-order valence-electron chi connectivity index (χ1n) is 5.91. The van der Waals surface area contributed by atoms with Gasteiger partial charge in [0.15, 0.2) is 0 Å². The SMILES string of the molecule is COc1ccc(OC)c(NCC2CCCO2)c1. The molecule has 0 bridgehead atoms. The predicted octanol–water partition coefficient (Wildman–Crippen LogP) is 2.29. The molecule has 1 aliphatic rings. The van der Waals surface area contributed by atoms with Gasteiger partial charge in [-0.2, -0.15) is 0 Å². The van der Waals surface area contributed by atoms with E-state index in [9.17, 15) is 0 Å². The number of benzene rings is 1. The van der Waals surface area contributed by atoms with Gasteiger partial charge in [0.2, 0.25) is 0 Å². The molecule has 0 amide bonds. The van der Waals surface area contributed by atoms with Crippen LogP contribution < -0.4 is 14.8 Å². The summed E-state index contributed by atoms with van der Waals surface area (Å²) in [5.74, 6) is 1.64. The zero-order chi connectivity index (χ0) is 12.1. The molecule has 4 heteroatoms. The number of hydrogen-bond acceptors (Lipinski definition) is 4. The standard InChI is InChI=1S/C13H19NO3/c1-15-10-5-6-13(16-2)12(8-10)14-9-11-4-3-7-17-11/h5-6,8,11,14H,3-4,7,9H2,1-2H3. The summed E-state index contributed by atoms with van der Waals surface area (Å²) in [5.41, 5.74) is 0.947. The highest BCUT2D eigenvalue weighted by Gasteiger charge is 2.15. The molecule has 0 radical (unpaired) electrons. The molecular formula is C13H19NO3. The van der Waals surface area contributed by atoms with E-state index in [1.165, 1.54) is 0 Å². The van der Waals surface area contributed by atoms with Crippen molar-refractivity contribution in [1.29, 1.82) is 0 Å². The van der Waals surface area contributed by atoms with Crippen LogP contribution in [-0.2, 0) is 4.74 Å². The summed E-state index contributed by atoms with van der Waals surface area (Å²) in [7, 11) is 3.32. The molecule has 1 atom stereocenters. The van der Waals surface area contributed by atoms with Crippen molar-refractivity contribution in [1.82, 2.24) is 0 Å². The van der Waals surface area contributed by atoms with Crippen molar-refractivity contribution in [3.8, 4) is 11.5 Å². The molecule has 0 aliphatic carbocycles. The third-order valence-corrected chi connectivity index (χ3v) is 2.95. The average molecular weight is 237 g/mol. The number of ether oxygens (including phenoxy) is 3. The zero-order valence-corrected chi connectivity index (χ0v) is 10.4. The van der Waals surface area contributed by atoms with Gasteiger partial charge in [-0.1, -0.05) is 0 Å². The number of hydrogen-bond donors (Lipinski definition) is 1. The van der Waals surface area contributed by atoms with Crippen molar-refractivity contribution >= 4 is 5.69 Å². The van der Waals surface area contributed by atoms with Crippen molar-refractivity contribution in [2.24, 2.45) is 0 Å². The van der Waals surface area contributed by atoms with E-state index in [0.717, 1.165) is 43.2 Å². The highest BCUT2D eigenvalue weighted by Crippen LogP contribution is 2.29. The van der Waals surface area contributed by atoms with Gasteiger partial charge in [0.05, 0.1) is 26.0 Å². The number of rotatable bonds is 5. The molecule has 94 valence electrons. The van der Waals surface area contributed by atoms with Crippen molar-refractivity contribution in [3.05, 3.63) is 18.2 Å². The fourth-order valence-corrected chi connectivity index (χ4v) is 1.98. The molecule has 0 saturated carbocycles. The fraction of sp³-hybridized carbons (Fsp3) is 0.538. The Morgan fingerprint density at radius 2 is 2.24 bits per heavy atom. The number of methoxy groups -OCH3 is 2. The molecule has 4 nitrogen and oxygen atoms in total. The first-order valence-corrected chi connectivity index (χ1v) is 5.91. The van der Waals surface area contributed by atoms with Gasteiger partial charge in [-0.05, 0) is 25.0 Å². The smallest absolute Gasteiger partial charge is 0.142 e. The van der Waals surface area contributed by atoms with E-state index in [0.29, 0.717) is 6.10 Å². The van der Waals surface area contributed by atoms with E-state index < -0.39 is 0 Å². The predicted molar refractivity (Wildman–Crippen MR) is 67.0 cm³/mol. The zero-order valence-electron chi connectivity index (χ0n) is 10.4. The van der Waals surface area contributed by atoms with Gasteiger partial charge in [0.25, 0.3) is 0 Å². The van der Waals surface area contributed by atoms with Crippen LogP contribution in [0, 0.1) is 0 Å². The minimum Gasteiger partial charge on any atom is -0.497 e. The normalized spacial score (nSPS) is 19.1. The quantitative estimate of drug-likeness (QED) is 0.853. The van der Waals surface area contributed by atoms with Gasteiger partial charge in [0, 0.05) is 19.2 Å². The largest absolute Gasteiger partial charge is 0.497 e. The van der Waals surface area contributed by atoms with Crippen LogP contribution in [0.1, 0.15) is 12.8 Å². The molecular weight excluding hydrogens is 218 g/mol. The van der Waals surface area contributed by atoms with Crippen LogP contribution in [-0.4, -0.2) is 33.5 Å². The lowest BCUT2D eigenvalue weighted by Gasteiger charge is -2.15. The van der Waals surface area contributed by atoms with Gasteiger partial charge in [-0.25, -0.2) is 0 Å². The Morgan fingerprint density at radius 3 is 2.88 bits per heavy atom. The van der Waals surface area contributed by atoms with Crippen LogP contribution in [0.5, 0.6) is 11.5 Å². The molecule has 0 spiro atoms. The molecule has 1 fully saturated rings. The van der Waals surface area contributed by atoms with Crippen LogP contribution in [0.3, 0.4) is 0 Å². The van der Waals surface area contributed by atoms with Crippen LogP contribution in [0.2, 0.25) is 0 Å². The number of nitrogens with one attached hydrogen (secondary N) is 1. The number of anilines is 1. The summed E-state index contributed by atoms with van der Waals surface area (Å²) in [4.78, 5) is 0.